The maximum absolute atomic E-state index is 13.7. The van der Waals surface area contributed by atoms with Crippen molar-refractivity contribution in [2.45, 2.75) is 59.4 Å². The highest BCUT2D eigenvalue weighted by molar-refractivity contribution is 6.07. The number of nitrogens with one attached hydrogen (secondary N) is 1. The molecule has 0 aliphatic carbocycles. The Hall–Kier alpha value is -2.66. The molecule has 0 saturated carbocycles. The molecular formula is C25H31ClN4O. The maximum atomic E-state index is 13.7. The third kappa shape index (κ3) is 4.52. The van der Waals surface area contributed by atoms with Crippen LogP contribution in [0.25, 0.3) is 11.0 Å². The van der Waals surface area contributed by atoms with E-state index in [0.29, 0.717) is 17.3 Å². The average Bonchev–Trinajstić information content (AvgIpc) is 2.76. The Balaban J connectivity index is 0.00000272. The van der Waals surface area contributed by atoms with Crippen molar-refractivity contribution in [1.82, 2.24) is 14.9 Å². The molecule has 4 rings (SSSR count). The van der Waals surface area contributed by atoms with Gasteiger partial charge in [-0.25, -0.2) is 9.97 Å². The normalized spacial score (nSPS) is 16.1. The van der Waals surface area contributed by atoms with E-state index in [1.807, 2.05) is 30.0 Å². The first-order valence-electron chi connectivity index (χ1n) is 10.9. The van der Waals surface area contributed by atoms with Crippen molar-refractivity contribution in [2.24, 2.45) is 0 Å². The van der Waals surface area contributed by atoms with Crippen molar-refractivity contribution in [2.75, 3.05) is 11.9 Å². The molecule has 1 aliphatic rings. The van der Waals surface area contributed by atoms with Gasteiger partial charge in [0.15, 0.2) is 5.65 Å². The summed E-state index contributed by atoms with van der Waals surface area (Å²) in [4.78, 5) is 24.9. The Morgan fingerprint density at radius 2 is 1.97 bits per heavy atom. The number of piperidine rings is 1. The Morgan fingerprint density at radius 3 is 2.74 bits per heavy atom. The summed E-state index contributed by atoms with van der Waals surface area (Å²) in [7, 11) is 0. The Bertz CT molecular complexity index is 1100. The highest BCUT2D eigenvalue weighted by atomic mass is 35.5. The molecule has 1 fully saturated rings. The Kier molecular flexibility index (Phi) is 7.16. The zero-order chi connectivity index (χ0) is 21.3. The van der Waals surface area contributed by atoms with E-state index in [4.69, 9.17) is 0 Å². The second kappa shape index (κ2) is 9.65. The molecule has 1 aromatic carbocycles. The van der Waals surface area contributed by atoms with Gasteiger partial charge in [0, 0.05) is 35.6 Å². The first kappa shape index (κ1) is 23.0. The fraction of sp³-hybridized carbons (Fsp3) is 0.400. The number of carbonyl (C=O) groups excluding carboxylic acids is 1. The van der Waals surface area contributed by atoms with Crippen molar-refractivity contribution < 1.29 is 4.79 Å². The maximum Gasteiger partial charge on any atom is 0.257 e. The predicted octanol–water partition coefficient (Wildman–Crippen LogP) is 6.13. The number of likely N-dealkylation sites (tertiary alicyclic amines) is 1. The van der Waals surface area contributed by atoms with Crippen LogP contribution in [0.2, 0.25) is 0 Å². The van der Waals surface area contributed by atoms with E-state index in [1.165, 1.54) is 17.5 Å². The lowest BCUT2D eigenvalue weighted by Crippen LogP contribution is -2.43. The van der Waals surface area contributed by atoms with Gasteiger partial charge in [-0.1, -0.05) is 19.1 Å². The summed E-state index contributed by atoms with van der Waals surface area (Å²) >= 11 is 0. The van der Waals surface area contributed by atoms with E-state index >= 15 is 0 Å². The van der Waals surface area contributed by atoms with Crippen molar-refractivity contribution in [1.29, 1.82) is 0 Å². The molecule has 1 amide bonds. The van der Waals surface area contributed by atoms with Crippen LogP contribution in [0.3, 0.4) is 0 Å². The van der Waals surface area contributed by atoms with Gasteiger partial charge in [0.2, 0.25) is 0 Å². The molecule has 0 bridgehead atoms. The average molecular weight is 439 g/mol. The largest absolute Gasteiger partial charge is 0.354 e. The molecule has 5 nitrogen and oxygen atoms in total. The molecule has 1 saturated heterocycles. The van der Waals surface area contributed by atoms with Gasteiger partial charge in [0.05, 0.1) is 11.3 Å². The van der Waals surface area contributed by atoms with Crippen LogP contribution in [0.4, 0.5) is 11.4 Å². The summed E-state index contributed by atoms with van der Waals surface area (Å²) in [5.41, 5.74) is 6.37. The number of aromatic nitrogens is 2. The van der Waals surface area contributed by atoms with Gasteiger partial charge < -0.3 is 10.2 Å². The molecule has 1 unspecified atom stereocenters. The number of fused-ring (bicyclic) bond motifs is 1. The van der Waals surface area contributed by atoms with Crippen LogP contribution in [-0.4, -0.2) is 33.4 Å². The number of anilines is 2. The van der Waals surface area contributed by atoms with Crippen molar-refractivity contribution in [3.63, 3.8) is 0 Å². The van der Waals surface area contributed by atoms with Crippen LogP contribution in [0.5, 0.6) is 0 Å². The van der Waals surface area contributed by atoms with Gasteiger partial charge >= 0.3 is 0 Å². The second-order valence-corrected chi connectivity index (χ2v) is 8.30. The molecule has 3 aromatic rings. The summed E-state index contributed by atoms with van der Waals surface area (Å²) in [5.74, 6) is 0.0596. The van der Waals surface area contributed by atoms with E-state index in [1.54, 1.807) is 6.20 Å². The van der Waals surface area contributed by atoms with E-state index in [-0.39, 0.29) is 18.3 Å². The predicted molar refractivity (Wildman–Crippen MR) is 130 cm³/mol. The number of carbonyl (C=O) groups is 1. The molecule has 1 aliphatic heterocycles. The van der Waals surface area contributed by atoms with Crippen LogP contribution in [0.1, 0.15) is 59.8 Å². The van der Waals surface area contributed by atoms with Gasteiger partial charge in [0.1, 0.15) is 0 Å². The highest BCUT2D eigenvalue weighted by Gasteiger charge is 2.29. The fourth-order valence-electron chi connectivity index (χ4n) is 4.34. The number of hydrogen-bond donors (Lipinski definition) is 1. The zero-order valence-corrected chi connectivity index (χ0v) is 19.6. The van der Waals surface area contributed by atoms with Crippen molar-refractivity contribution >= 4 is 40.7 Å². The number of nitrogens with zero attached hydrogens (tertiary/aromatic N) is 3. The molecule has 6 heteroatoms. The van der Waals surface area contributed by atoms with Crippen LogP contribution in [0.15, 0.2) is 36.5 Å². The number of pyridine rings is 2. The third-order valence-corrected chi connectivity index (χ3v) is 6.32. The lowest BCUT2D eigenvalue weighted by Gasteiger charge is -2.35. The number of amides is 1. The van der Waals surface area contributed by atoms with E-state index in [0.717, 1.165) is 48.3 Å². The summed E-state index contributed by atoms with van der Waals surface area (Å²) < 4.78 is 0. The SMILES string of the molecule is CCC1CCCCN1C(=O)c1cnc2nc(C)ccc2c1Nc1cccc(C)c1C.Cl. The topological polar surface area (TPSA) is 58.1 Å². The van der Waals surface area contributed by atoms with Gasteiger partial charge in [-0.2, -0.15) is 0 Å². The number of halogens is 1. The standard InChI is InChI=1S/C25H30N4O.ClH/c1-5-19-10-6-7-14-29(19)25(30)21-15-26-24-20(13-12-17(3)27-24)23(21)28-22-11-8-9-16(2)18(22)4;/h8-9,11-13,15,19H,5-7,10,14H2,1-4H3,(H,26,27,28);1H. The summed E-state index contributed by atoms with van der Waals surface area (Å²) in [6.45, 7) is 9.13. The quantitative estimate of drug-likeness (QED) is 0.532. The Labute approximate surface area is 190 Å². The Morgan fingerprint density at radius 1 is 1.16 bits per heavy atom. The number of aryl methyl sites for hydroxylation is 2. The second-order valence-electron chi connectivity index (χ2n) is 8.30. The first-order chi connectivity index (χ1) is 14.5. The molecule has 0 radical (unpaired) electrons. The smallest absolute Gasteiger partial charge is 0.257 e. The monoisotopic (exact) mass is 438 g/mol. The van der Waals surface area contributed by atoms with Crippen molar-refractivity contribution in [3.05, 3.63) is 58.9 Å². The molecule has 164 valence electrons. The molecule has 0 spiro atoms. The molecule has 1 N–H and O–H groups in total. The number of benzene rings is 1. The van der Waals surface area contributed by atoms with Crippen LogP contribution in [0, 0.1) is 20.8 Å². The van der Waals surface area contributed by atoms with Crippen molar-refractivity contribution in [3.8, 4) is 0 Å². The fourth-order valence-corrected chi connectivity index (χ4v) is 4.34. The van der Waals surface area contributed by atoms with Gasteiger partial charge in [-0.05, 0) is 75.8 Å². The minimum Gasteiger partial charge on any atom is -0.354 e. The molecule has 3 heterocycles. The lowest BCUT2D eigenvalue weighted by molar-refractivity contribution is 0.0609. The molecule has 2 aromatic heterocycles. The highest BCUT2D eigenvalue weighted by Crippen LogP contribution is 2.33. The van der Waals surface area contributed by atoms with Crippen LogP contribution < -0.4 is 5.32 Å². The summed E-state index contributed by atoms with van der Waals surface area (Å²) in [5, 5.41) is 4.44. The molecule has 1 atom stereocenters. The minimum atomic E-state index is 0. The van der Waals surface area contributed by atoms with Gasteiger partial charge in [-0.15, -0.1) is 12.4 Å². The van der Waals surface area contributed by atoms with E-state index in [2.05, 4.69) is 48.2 Å². The summed E-state index contributed by atoms with van der Waals surface area (Å²) in [6, 6.07) is 10.5. The first-order valence-corrected chi connectivity index (χ1v) is 10.9. The van der Waals surface area contributed by atoms with E-state index < -0.39 is 0 Å². The van der Waals surface area contributed by atoms with Crippen LogP contribution in [-0.2, 0) is 0 Å². The van der Waals surface area contributed by atoms with Gasteiger partial charge in [0.25, 0.3) is 5.91 Å². The molecular weight excluding hydrogens is 408 g/mol. The van der Waals surface area contributed by atoms with E-state index in [9.17, 15) is 4.79 Å². The minimum absolute atomic E-state index is 0. The van der Waals surface area contributed by atoms with Crippen LogP contribution >= 0.6 is 12.4 Å². The third-order valence-electron chi connectivity index (χ3n) is 6.32. The molecule has 31 heavy (non-hydrogen) atoms. The zero-order valence-electron chi connectivity index (χ0n) is 18.7. The number of hydrogen-bond acceptors (Lipinski definition) is 4. The number of rotatable bonds is 4. The lowest BCUT2D eigenvalue weighted by atomic mass is 9.98. The summed E-state index contributed by atoms with van der Waals surface area (Å²) in [6.07, 6.45) is 6.00. The van der Waals surface area contributed by atoms with Gasteiger partial charge in [-0.3, -0.25) is 4.79 Å².